The number of carbonyl (C=O) groups is 1. The number of ether oxygens (including phenoxy) is 1. The molecule has 0 bridgehead atoms. The first-order valence-electron chi connectivity index (χ1n) is 7.27. The van der Waals surface area contributed by atoms with E-state index in [9.17, 15) is 4.79 Å². The number of amides is 1. The number of carbonyl (C=O) groups excluding carboxylic acids is 1. The Labute approximate surface area is 134 Å². The highest BCUT2D eigenvalue weighted by Crippen LogP contribution is 2.07. The number of benzene rings is 1. The summed E-state index contributed by atoms with van der Waals surface area (Å²) in [6.07, 6.45) is 1.41. The minimum absolute atomic E-state index is 0. The van der Waals surface area contributed by atoms with Crippen LogP contribution in [0.15, 0.2) is 30.3 Å². The predicted molar refractivity (Wildman–Crippen MR) is 88.5 cm³/mol. The van der Waals surface area contributed by atoms with Crippen LogP contribution < -0.4 is 5.73 Å². The maximum atomic E-state index is 12.2. The van der Waals surface area contributed by atoms with E-state index in [0.29, 0.717) is 32.7 Å². The van der Waals surface area contributed by atoms with Crippen LogP contribution in [0.3, 0.4) is 0 Å². The smallest absolute Gasteiger partial charge is 0.225 e. The SMILES string of the molecule is CC(C)OCCC(=O)N(CCCN)Cc1ccccc1.Cl. The summed E-state index contributed by atoms with van der Waals surface area (Å²) in [5.41, 5.74) is 6.69. The number of hydrogen-bond acceptors (Lipinski definition) is 3. The van der Waals surface area contributed by atoms with Crippen LogP contribution in [0, 0.1) is 0 Å². The van der Waals surface area contributed by atoms with Gasteiger partial charge in [-0.15, -0.1) is 12.4 Å². The summed E-state index contributed by atoms with van der Waals surface area (Å²) < 4.78 is 5.45. The van der Waals surface area contributed by atoms with Gasteiger partial charge in [-0.3, -0.25) is 4.79 Å². The highest BCUT2D eigenvalue weighted by atomic mass is 35.5. The average molecular weight is 315 g/mol. The summed E-state index contributed by atoms with van der Waals surface area (Å²) >= 11 is 0. The van der Waals surface area contributed by atoms with Gasteiger partial charge in [0.2, 0.25) is 5.91 Å². The minimum atomic E-state index is 0. The van der Waals surface area contributed by atoms with Crippen molar-refractivity contribution in [3.63, 3.8) is 0 Å². The molecule has 0 spiro atoms. The second-order valence-electron chi connectivity index (χ2n) is 5.11. The zero-order chi connectivity index (χ0) is 14.8. The fraction of sp³-hybridized carbons (Fsp3) is 0.562. The number of nitrogens with zero attached hydrogens (tertiary/aromatic N) is 1. The summed E-state index contributed by atoms with van der Waals surface area (Å²) in [5, 5.41) is 0. The van der Waals surface area contributed by atoms with Gasteiger partial charge < -0.3 is 15.4 Å². The van der Waals surface area contributed by atoms with Crippen molar-refractivity contribution in [2.24, 2.45) is 5.73 Å². The van der Waals surface area contributed by atoms with Crippen LogP contribution in [-0.4, -0.2) is 36.6 Å². The van der Waals surface area contributed by atoms with E-state index in [-0.39, 0.29) is 24.4 Å². The molecular weight excluding hydrogens is 288 g/mol. The van der Waals surface area contributed by atoms with Gasteiger partial charge >= 0.3 is 0 Å². The zero-order valence-corrected chi connectivity index (χ0v) is 13.8. The van der Waals surface area contributed by atoms with Gasteiger partial charge in [0.1, 0.15) is 0 Å². The van der Waals surface area contributed by atoms with E-state index < -0.39 is 0 Å². The summed E-state index contributed by atoms with van der Waals surface area (Å²) in [6.45, 7) is 6.36. The fourth-order valence-corrected chi connectivity index (χ4v) is 1.92. The summed E-state index contributed by atoms with van der Waals surface area (Å²) in [7, 11) is 0. The van der Waals surface area contributed by atoms with E-state index in [1.165, 1.54) is 0 Å². The minimum Gasteiger partial charge on any atom is -0.378 e. The third-order valence-corrected chi connectivity index (χ3v) is 2.97. The Hall–Kier alpha value is -1.10. The molecule has 0 saturated carbocycles. The molecule has 0 unspecified atom stereocenters. The second kappa shape index (κ2) is 11.5. The summed E-state index contributed by atoms with van der Waals surface area (Å²) in [5.74, 6) is 0.128. The number of halogens is 1. The van der Waals surface area contributed by atoms with Crippen molar-refractivity contribution in [1.82, 2.24) is 4.90 Å². The van der Waals surface area contributed by atoms with Crippen molar-refractivity contribution in [2.45, 2.75) is 39.3 Å². The first-order valence-corrected chi connectivity index (χ1v) is 7.27. The van der Waals surface area contributed by atoms with Crippen LogP contribution in [0.5, 0.6) is 0 Å². The highest BCUT2D eigenvalue weighted by molar-refractivity contribution is 5.85. The van der Waals surface area contributed by atoms with Gasteiger partial charge in [-0.1, -0.05) is 30.3 Å². The van der Waals surface area contributed by atoms with Gasteiger partial charge in [-0.25, -0.2) is 0 Å². The van der Waals surface area contributed by atoms with E-state index in [1.54, 1.807) is 0 Å². The predicted octanol–water partition coefficient (Wildman–Crippen LogP) is 2.60. The molecule has 1 rings (SSSR count). The maximum Gasteiger partial charge on any atom is 0.225 e. The van der Waals surface area contributed by atoms with Gasteiger partial charge in [0.15, 0.2) is 0 Å². The Morgan fingerprint density at radius 1 is 1.29 bits per heavy atom. The molecule has 1 aromatic carbocycles. The second-order valence-corrected chi connectivity index (χ2v) is 5.11. The molecule has 1 aromatic rings. The number of nitrogens with two attached hydrogens (primary N) is 1. The molecule has 0 atom stereocenters. The molecule has 4 nitrogen and oxygen atoms in total. The van der Waals surface area contributed by atoms with Gasteiger partial charge in [-0.2, -0.15) is 0 Å². The maximum absolute atomic E-state index is 12.2. The topological polar surface area (TPSA) is 55.6 Å². The molecule has 120 valence electrons. The average Bonchev–Trinajstić information content (AvgIpc) is 2.44. The molecule has 21 heavy (non-hydrogen) atoms. The third kappa shape index (κ3) is 8.71. The highest BCUT2D eigenvalue weighted by Gasteiger charge is 2.13. The molecule has 0 heterocycles. The van der Waals surface area contributed by atoms with Gasteiger partial charge in [0.05, 0.1) is 19.1 Å². The van der Waals surface area contributed by atoms with Crippen LogP contribution >= 0.6 is 12.4 Å². The van der Waals surface area contributed by atoms with Crippen molar-refractivity contribution in [1.29, 1.82) is 0 Å². The van der Waals surface area contributed by atoms with Crippen LogP contribution in [0.4, 0.5) is 0 Å². The Bertz CT molecular complexity index is 385. The lowest BCUT2D eigenvalue weighted by Crippen LogP contribution is -2.33. The van der Waals surface area contributed by atoms with Gasteiger partial charge in [0, 0.05) is 13.1 Å². The molecule has 0 fully saturated rings. The Kier molecular flexibility index (Phi) is 10.9. The zero-order valence-electron chi connectivity index (χ0n) is 13.0. The van der Waals surface area contributed by atoms with Crippen LogP contribution in [0.25, 0.3) is 0 Å². The molecule has 0 aliphatic heterocycles. The Morgan fingerprint density at radius 3 is 2.52 bits per heavy atom. The normalized spacial score (nSPS) is 10.3. The molecule has 0 aliphatic rings. The largest absolute Gasteiger partial charge is 0.378 e. The summed E-state index contributed by atoms with van der Waals surface area (Å²) in [6, 6.07) is 10.0. The summed E-state index contributed by atoms with van der Waals surface area (Å²) in [4.78, 5) is 14.1. The molecule has 0 radical (unpaired) electrons. The molecule has 0 aromatic heterocycles. The van der Waals surface area contributed by atoms with E-state index in [2.05, 4.69) is 0 Å². The quantitative estimate of drug-likeness (QED) is 0.762. The van der Waals surface area contributed by atoms with Crippen LogP contribution in [-0.2, 0) is 16.1 Å². The van der Waals surface area contributed by atoms with Crippen molar-refractivity contribution in [2.75, 3.05) is 19.7 Å². The Morgan fingerprint density at radius 2 is 1.95 bits per heavy atom. The standard InChI is InChI=1S/C16H26N2O2.ClH/c1-14(2)20-12-9-16(19)18(11-6-10-17)13-15-7-4-3-5-8-15;/h3-5,7-8,14H,6,9-13,17H2,1-2H3;1H. The van der Waals surface area contributed by atoms with Crippen molar-refractivity contribution >= 4 is 18.3 Å². The van der Waals surface area contributed by atoms with E-state index in [0.717, 1.165) is 12.0 Å². The van der Waals surface area contributed by atoms with E-state index in [1.807, 2.05) is 49.1 Å². The van der Waals surface area contributed by atoms with Crippen LogP contribution in [0.1, 0.15) is 32.3 Å². The van der Waals surface area contributed by atoms with Crippen molar-refractivity contribution < 1.29 is 9.53 Å². The van der Waals surface area contributed by atoms with Crippen LogP contribution in [0.2, 0.25) is 0 Å². The number of rotatable bonds is 9. The monoisotopic (exact) mass is 314 g/mol. The Balaban J connectivity index is 0.00000400. The molecule has 1 amide bonds. The first kappa shape index (κ1) is 19.9. The molecular formula is C16H27ClN2O2. The van der Waals surface area contributed by atoms with Gasteiger partial charge in [-0.05, 0) is 32.4 Å². The third-order valence-electron chi connectivity index (χ3n) is 2.97. The van der Waals surface area contributed by atoms with E-state index >= 15 is 0 Å². The molecule has 2 N–H and O–H groups in total. The lowest BCUT2D eigenvalue weighted by atomic mass is 10.2. The fourth-order valence-electron chi connectivity index (χ4n) is 1.92. The molecule has 0 saturated heterocycles. The number of hydrogen-bond donors (Lipinski definition) is 1. The van der Waals surface area contributed by atoms with Crippen molar-refractivity contribution in [3.05, 3.63) is 35.9 Å². The van der Waals surface area contributed by atoms with E-state index in [4.69, 9.17) is 10.5 Å². The first-order chi connectivity index (χ1) is 9.63. The van der Waals surface area contributed by atoms with Crippen molar-refractivity contribution in [3.8, 4) is 0 Å². The lowest BCUT2D eigenvalue weighted by Gasteiger charge is -2.23. The van der Waals surface area contributed by atoms with Gasteiger partial charge in [0.25, 0.3) is 0 Å². The lowest BCUT2D eigenvalue weighted by molar-refractivity contribution is -0.133. The molecule has 0 aliphatic carbocycles. The molecule has 5 heteroatoms.